The van der Waals surface area contributed by atoms with Gasteiger partial charge in [-0.05, 0) is 32.0 Å². The number of ether oxygens (including phenoxy) is 2. The molecule has 0 amide bonds. The van der Waals surface area contributed by atoms with Crippen LogP contribution in [0.4, 0.5) is 5.95 Å². The molecule has 3 heterocycles. The van der Waals surface area contributed by atoms with Crippen molar-refractivity contribution in [1.29, 1.82) is 5.26 Å². The summed E-state index contributed by atoms with van der Waals surface area (Å²) in [5.41, 5.74) is 2.45. The Bertz CT molecular complexity index is 1060. The molecule has 1 aliphatic heterocycles. The van der Waals surface area contributed by atoms with Crippen molar-refractivity contribution in [3.8, 4) is 23.4 Å². The summed E-state index contributed by atoms with van der Waals surface area (Å²) < 4.78 is 13.4. The first-order chi connectivity index (χ1) is 14.6. The van der Waals surface area contributed by atoms with Crippen molar-refractivity contribution in [3.63, 3.8) is 0 Å². The highest BCUT2D eigenvalue weighted by atomic mass is 16.5. The third-order valence-electron chi connectivity index (χ3n) is 5.42. The molecule has 1 aromatic carbocycles. The van der Waals surface area contributed by atoms with Crippen LogP contribution in [0.15, 0.2) is 36.5 Å². The van der Waals surface area contributed by atoms with Crippen molar-refractivity contribution < 1.29 is 9.47 Å². The minimum atomic E-state index is 0.106. The summed E-state index contributed by atoms with van der Waals surface area (Å²) in [5.74, 6) is 2.97. The number of nitrogens with zero attached hydrogens (tertiary/aromatic N) is 6. The molecule has 1 saturated heterocycles. The zero-order chi connectivity index (χ0) is 21.1. The number of rotatable bonds is 5. The number of aromatic nitrogens is 4. The van der Waals surface area contributed by atoms with E-state index in [1.807, 2.05) is 48.7 Å². The van der Waals surface area contributed by atoms with Crippen LogP contribution in [0.1, 0.15) is 29.8 Å². The van der Waals surface area contributed by atoms with Gasteiger partial charge in [0, 0.05) is 37.6 Å². The quantitative estimate of drug-likeness (QED) is 0.645. The first-order valence-corrected chi connectivity index (χ1v) is 9.94. The molecule has 0 radical (unpaired) electrons. The van der Waals surface area contributed by atoms with Gasteiger partial charge in [0.15, 0.2) is 0 Å². The van der Waals surface area contributed by atoms with Crippen molar-refractivity contribution in [3.05, 3.63) is 53.5 Å². The summed E-state index contributed by atoms with van der Waals surface area (Å²) in [7, 11) is 1.60. The largest absolute Gasteiger partial charge is 0.490 e. The Kier molecular flexibility index (Phi) is 5.53. The van der Waals surface area contributed by atoms with Crippen LogP contribution in [0.3, 0.4) is 0 Å². The molecule has 4 rings (SSSR count). The van der Waals surface area contributed by atoms with Crippen molar-refractivity contribution in [1.82, 2.24) is 19.7 Å². The molecule has 2 aromatic heterocycles. The van der Waals surface area contributed by atoms with E-state index in [9.17, 15) is 5.26 Å². The van der Waals surface area contributed by atoms with Gasteiger partial charge in [-0.25, -0.2) is 4.98 Å². The van der Waals surface area contributed by atoms with Gasteiger partial charge in [-0.15, -0.1) is 10.2 Å². The summed E-state index contributed by atoms with van der Waals surface area (Å²) in [6, 6.07) is 11.6. The molecule has 0 aliphatic carbocycles. The van der Waals surface area contributed by atoms with Gasteiger partial charge in [0.05, 0.1) is 30.6 Å². The second-order valence-electron chi connectivity index (χ2n) is 7.29. The van der Waals surface area contributed by atoms with Crippen LogP contribution >= 0.6 is 0 Å². The van der Waals surface area contributed by atoms with E-state index in [4.69, 9.17) is 9.47 Å². The van der Waals surface area contributed by atoms with Crippen LogP contribution in [0.5, 0.6) is 11.6 Å². The highest BCUT2D eigenvalue weighted by Gasteiger charge is 2.25. The average molecular weight is 404 g/mol. The van der Waals surface area contributed by atoms with Gasteiger partial charge in [0.25, 0.3) is 0 Å². The van der Waals surface area contributed by atoms with Gasteiger partial charge in [0.1, 0.15) is 17.7 Å². The lowest BCUT2D eigenvalue weighted by atomic mass is 10.1. The molecule has 0 unspecified atom stereocenters. The van der Waals surface area contributed by atoms with Crippen LogP contribution < -0.4 is 14.4 Å². The molecular formula is C22H24N6O2. The monoisotopic (exact) mass is 404 g/mol. The number of hydrogen-bond donors (Lipinski definition) is 0. The zero-order valence-corrected chi connectivity index (χ0v) is 17.4. The van der Waals surface area contributed by atoms with E-state index >= 15 is 0 Å². The maximum Gasteiger partial charge on any atom is 0.231 e. The number of aryl methyl sites for hydroxylation is 1. The first-order valence-electron chi connectivity index (χ1n) is 9.94. The van der Waals surface area contributed by atoms with Gasteiger partial charge >= 0.3 is 0 Å². The highest BCUT2D eigenvalue weighted by Crippen LogP contribution is 2.27. The van der Waals surface area contributed by atoms with Crippen molar-refractivity contribution in [2.24, 2.45) is 0 Å². The van der Waals surface area contributed by atoms with Crippen LogP contribution in [-0.2, 0) is 0 Å². The number of pyridine rings is 1. The number of nitriles is 1. The molecule has 0 saturated carbocycles. The zero-order valence-electron chi connectivity index (χ0n) is 17.4. The fraction of sp³-hybridized carbons (Fsp3) is 0.364. The number of piperidine rings is 1. The number of hydrogen-bond acceptors (Lipinski definition) is 7. The topological polar surface area (TPSA) is 89.1 Å². The smallest absolute Gasteiger partial charge is 0.231 e. The minimum Gasteiger partial charge on any atom is -0.490 e. The lowest BCUT2D eigenvalue weighted by Gasteiger charge is -2.33. The average Bonchev–Trinajstić information content (AvgIpc) is 3.17. The van der Waals surface area contributed by atoms with Gasteiger partial charge in [0.2, 0.25) is 11.8 Å². The number of benzene rings is 1. The molecule has 0 spiro atoms. The Morgan fingerprint density at radius 3 is 2.57 bits per heavy atom. The summed E-state index contributed by atoms with van der Waals surface area (Å²) >= 11 is 0. The molecule has 1 aliphatic rings. The maximum absolute atomic E-state index is 9.22. The molecule has 0 bridgehead atoms. The summed E-state index contributed by atoms with van der Waals surface area (Å²) in [6.45, 7) is 5.48. The Labute approximate surface area is 175 Å². The van der Waals surface area contributed by atoms with Gasteiger partial charge in [-0.2, -0.15) is 5.26 Å². The van der Waals surface area contributed by atoms with Gasteiger partial charge in [-0.3, -0.25) is 4.57 Å². The van der Waals surface area contributed by atoms with Crippen LogP contribution in [0.2, 0.25) is 0 Å². The van der Waals surface area contributed by atoms with E-state index in [0.29, 0.717) is 11.4 Å². The molecular weight excluding hydrogens is 380 g/mol. The van der Waals surface area contributed by atoms with E-state index in [1.165, 1.54) is 0 Å². The van der Waals surface area contributed by atoms with Crippen molar-refractivity contribution in [2.45, 2.75) is 32.8 Å². The minimum absolute atomic E-state index is 0.106. The second-order valence-corrected chi connectivity index (χ2v) is 7.29. The van der Waals surface area contributed by atoms with Crippen molar-refractivity contribution in [2.75, 3.05) is 25.1 Å². The Morgan fingerprint density at radius 2 is 1.90 bits per heavy atom. The Balaban J connectivity index is 1.47. The molecule has 8 nitrogen and oxygen atoms in total. The van der Waals surface area contributed by atoms with Crippen LogP contribution in [0, 0.1) is 25.2 Å². The molecule has 30 heavy (non-hydrogen) atoms. The van der Waals surface area contributed by atoms with Crippen LogP contribution in [-0.4, -0.2) is 46.1 Å². The molecule has 0 atom stereocenters. The number of methoxy groups -OCH3 is 1. The highest BCUT2D eigenvalue weighted by molar-refractivity contribution is 5.46. The van der Waals surface area contributed by atoms with E-state index in [1.54, 1.807) is 13.3 Å². The van der Waals surface area contributed by atoms with Gasteiger partial charge in [-0.1, -0.05) is 6.07 Å². The third-order valence-corrected chi connectivity index (χ3v) is 5.42. The molecule has 3 aromatic rings. The predicted octanol–water partition coefficient (Wildman–Crippen LogP) is 3.21. The van der Waals surface area contributed by atoms with Gasteiger partial charge < -0.3 is 14.4 Å². The SMILES string of the molecule is COc1ccc(-n2c(C)nnc2N2CCC(Oc3cccc(C#N)c3C)CC2)cn1. The standard InChI is InChI=1S/C22H24N6O2/c1-15-17(13-23)5-4-6-20(15)30-19-9-11-27(12-10-19)22-26-25-16(2)28(22)18-7-8-21(29-3)24-14-18/h4-8,14,19H,9-12H2,1-3H3. The van der Waals surface area contributed by atoms with Crippen molar-refractivity contribution >= 4 is 5.95 Å². The first kappa shape index (κ1) is 19.7. The van der Waals surface area contributed by atoms with Crippen LogP contribution in [0.25, 0.3) is 5.69 Å². The van der Waals surface area contributed by atoms with E-state index in [2.05, 4.69) is 26.2 Å². The normalized spacial score (nSPS) is 14.4. The maximum atomic E-state index is 9.22. The lowest BCUT2D eigenvalue weighted by Crippen LogP contribution is -2.39. The van der Waals surface area contributed by atoms with E-state index < -0.39 is 0 Å². The molecule has 1 fully saturated rings. The molecule has 0 N–H and O–H groups in total. The summed E-state index contributed by atoms with van der Waals surface area (Å²) in [4.78, 5) is 6.53. The lowest BCUT2D eigenvalue weighted by molar-refractivity contribution is 0.169. The fourth-order valence-electron chi connectivity index (χ4n) is 3.70. The van der Waals surface area contributed by atoms with E-state index in [-0.39, 0.29) is 6.10 Å². The summed E-state index contributed by atoms with van der Waals surface area (Å²) in [6.07, 6.45) is 3.60. The number of anilines is 1. The third kappa shape index (κ3) is 3.79. The van der Waals surface area contributed by atoms with E-state index in [0.717, 1.165) is 54.7 Å². The molecule has 8 heteroatoms. The predicted molar refractivity (Wildman–Crippen MR) is 112 cm³/mol. The fourth-order valence-corrected chi connectivity index (χ4v) is 3.70. The Morgan fingerprint density at radius 1 is 1.10 bits per heavy atom. The second kappa shape index (κ2) is 8.41. The summed E-state index contributed by atoms with van der Waals surface area (Å²) in [5, 5.41) is 17.9. The molecule has 154 valence electrons. The Hall–Kier alpha value is -3.60.